The molecule has 1 aliphatic rings. The lowest BCUT2D eigenvalue weighted by Crippen LogP contribution is -2.12. The molecule has 1 aromatic carbocycles. The molecular formula is C16H19Cl2NO3. The molecule has 1 fully saturated rings. The van der Waals surface area contributed by atoms with E-state index in [0.717, 1.165) is 10.9 Å². The first kappa shape index (κ1) is 17.0. The lowest BCUT2D eigenvalue weighted by molar-refractivity contribution is -0.145. The van der Waals surface area contributed by atoms with E-state index in [-0.39, 0.29) is 18.0 Å². The fourth-order valence-electron chi connectivity index (χ4n) is 2.19. The Hall–Kier alpha value is -1.39. The first-order valence-electron chi connectivity index (χ1n) is 7.40. The Labute approximate surface area is 139 Å². The number of nitrogens with one attached hydrogen (secondary N) is 1. The number of halogens is 2. The summed E-state index contributed by atoms with van der Waals surface area (Å²) in [5.41, 5.74) is 0.738. The molecule has 0 bridgehead atoms. The molecule has 22 heavy (non-hydrogen) atoms. The molecule has 1 heterocycles. The highest BCUT2D eigenvalue weighted by atomic mass is 35.5. The minimum atomic E-state index is -0.206. The molecule has 1 saturated carbocycles. The van der Waals surface area contributed by atoms with Crippen LogP contribution in [-0.2, 0) is 9.53 Å². The molecule has 0 radical (unpaired) electrons. The van der Waals surface area contributed by atoms with Gasteiger partial charge in [-0.25, -0.2) is 0 Å². The van der Waals surface area contributed by atoms with Crippen LogP contribution in [0.25, 0.3) is 10.9 Å². The monoisotopic (exact) mass is 343 g/mol. The maximum Gasteiger partial charge on any atom is 0.312 e. The van der Waals surface area contributed by atoms with E-state index in [9.17, 15) is 4.79 Å². The van der Waals surface area contributed by atoms with Gasteiger partial charge in [-0.05, 0) is 13.0 Å². The van der Waals surface area contributed by atoms with E-state index in [2.05, 4.69) is 4.98 Å². The zero-order valence-electron chi connectivity index (χ0n) is 12.8. The first-order chi connectivity index (χ1) is 10.6. The SMILES string of the molecule is CC.CCOC(=O)C1CC1Oc1cc(Cl)c(Cl)c2[nH]ccc12. The Morgan fingerprint density at radius 1 is 1.41 bits per heavy atom. The molecule has 0 spiro atoms. The third kappa shape index (κ3) is 3.33. The van der Waals surface area contributed by atoms with Gasteiger partial charge < -0.3 is 14.5 Å². The maximum atomic E-state index is 11.6. The third-order valence-electron chi connectivity index (χ3n) is 3.30. The van der Waals surface area contributed by atoms with Gasteiger partial charge >= 0.3 is 5.97 Å². The minimum absolute atomic E-state index is 0.149. The van der Waals surface area contributed by atoms with Crippen molar-refractivity contribution < 1.29 is 14.3 Å². The standard InChI is InChI=1S/C14H13Cl2NO3.C2H6/c1-2-19-14(18)8-5-10(8)20-11-6-9(15)12(16)13-7(11)3-4-17-13;1-2/h3-4,6,8,10,17H,2,5H2,1H3;1-2H3. The molecule has 1 aromatic heterocycles. The number of rotatable bonds is 4. The van der Waals surface area contributed by atoms with E-state index in [1.165, 1.54) is 0 Å². The molecule has 0 amide bonds. The summed E-state index contributed by atoms with van der Waals surface area (Å²) in [6, 6.07) is 3.55. The average molecular weight is 344 g/mol. The molecule has 2 unspecified atom stereocenters. The van der Waals surface area contributed by atoms with E-state index in [0.29, 0.717) is 28.8 Å². The number of aromatic amines is 1. The topological polar surface area (TPSA) is 51.3 Å². The number of benzene rings is 1. The van der Waals surface area contributed by atoms with Crippen LogP contribution >= 0.6 is 23.2 Å². The predicted octanol–water partition coefficient (Wildman–Crippen LogP) is 4.83. The van der Waals surface area contributed by atoms with Crippen molar-refractivity contribution in [1.82, 2.24) is 4.98 Å². The van der Waals surface area contributed by atoms with Crippen molar-refractivity contribution >= 4 is 40.1 Å². The molecule has 0 aliphatic heterocycles. The van der Waals surface area contributed by atoms with Gasteiger partial charge in [-0.15, -0.1) is 0 Å². The minimum Gasteiger partial charge on any atom is -0.489 e. The first-order valence-corrected chi connectivity index (χ1v) is 8.15. The highest BCUT2D eigenvalue weighted by molar-refractivity contribution is 6.45. The molecule has 0 saturated heterocycles. The van der Waals surface area contributed by atoms with Crippen LogP contribution in [0.3, 0.4) is 0 Å². The number of carbonyl (C=O) groups is 1. The van der Waals surface area contributed by atoms with Crippen molar-refractivity contribution in [3.8, 4) is 5.75 Å². The third-order valence-corrected chi connectivity index (χ3v) is 4.09. The lowest BCUT2D eigenvalue weighted by Gasteiger charge is -2.09. The van der Waals surface area contributed by atoms with Crippen LogP contribution in [0.5, 0.6) is 5.75 Å². The number of hydrogen-bond donors (Lipinski definition) is 1. The summed E-state index contributed by atoms with van der Waals surface area (Å²) in [4.78, 5) is 14.6. The normalized spacial score (nSPS) is 19.3. The van der Waals surface area contributed by atoms with Gasteiger partial charge in [0.05, 0.1) is 28.1 Å². The van der Waals surface area contributed by atoms with Crippen molar-refractivity contribution in [2.75, 3.05) is 6.61 Å². The van der Waals surface area contributed by atoms with Crippen LogP contribution in [0.15, 0.2) is 18.3 Å². The van der Waals surface area contributed by atoms with Crippen LogP contribution in [0.2, 0.25) is 10.0 Å². The average Bonchev–Trinajstić information content (AvgIpc) is 3.10. The smallest absolute Gasteiger partial charge is 0.312 e. The Bertz CT molecular complexity index is 669. The quantitative estimate of drug-likeness (QED) is 0.808. The summed E-state index contributed by atoms with van der Waals surface area (Å²) in [7, 11) is 0. The Balaban J connectivity index is 0.000000847. The van der Waals surface area contributed by atoms with E-state index < -0.39 is 0 Å². The fraction of sp³-hybridized carbons (Fsp3) is 0.438. The second kappa shape index (κ2) is 7.25. The highest BCUT2D eigenvalue weighted by Crippen LogP contribution is 2.41. The summed E-state index contributed by atoms with van der Waals surface area (Å²) in [5.74, 6) is 0.244. The van der Waals surface area contributed by atoms with Crippen molar-refractivity contribution in [3.05, 3.63) is 28.4 Å². The van der Waals surface area contributed by atoms with E-state index >= 15 is 0 Å². The molecule has 3 rings (SSSR count). The molecule has 1 aliphatic carbocycles. The van der Waals surface area contributed by atoms with Crippen LogP contribution in [0, 0.1) is 5.92 Å². The van der Waals surface area contributed by atoms with Crippen LogP contribution < -0.4 is 4.74 Å². The lowest BCUT2D eigenvalue weighted by atomic mass is 10.2. The van der Waals surface area contributed by atoms with Gasteiger partial charge in [0, 0.05) is 24.1 Å². The molecule has 6 heteroatoms. The predicted molar refractivity (Wildman–Crippen MR) is 88.8 cm³/mol. The van der Waals surface area contributed by atoms with Gasteiger partial charge in [-0.1, -0.05) is 37.0 Å². The summed E-state index contributed by atoms with van der Waals surface area (Å²) < 4.78 is 10.8. The van der Waals surface area contributed by atoms with E-state index in [4.69, 9.17) is 32.7 Å². The zero-order valence-corrected chi connectivity index (χ0v) is 14.3. The maximum absolute atomic E-state index is 11.6. The Morgan fingerprint density at radius 3 is 2.82 bits per heavy atom. The molecule has 120 valence electrons. The number of carbonyl (C=O) groups excluding carboxylic acids is 1. The van der Waals surface area contributed by atoms with Crippen LogP contribution in [0.1, 0.15) is 27.2 Å². The second-order valence-corrected chi connectivity index (χ2v) is 5.47. The van der Waals surface area contributed by atoms with Gasteiger partial charge in [0.2, 0.25) is 0 Å². The van der Waals surface area contributed by atoms with Crippen molar-refractivity contribution in [2.45, 2.75) is 33.3 Å². The number of hydrogen-bond acceptors (Lipinski definition) is 3. The molecule has 4 nitrogen and oxygen atoms in total. The van der Waals surface area contributed by atoms with E-state index in [1.807, 2.05) is 19.9 Å². The number of fused-ring (bicyclic) bond motifs is 1. The number of esters is 1. The summed E-state index contributed by atoms with van der Waals surface area (Å²) >= 11 is 12.2. The van der Waals surface area contributed by atoms with Gasteiger partial charge in [-0.3, -0.25) is 4.79 Å². The molecule has 1 N–H and O–H groups in total. The van der Waals surface area contributed by atoms with Crippen LogP contribution in [-0.4, -0.2) is 23.7 Å². The van der Waals surface area contributed by atoms with Crippen molar-refractivity contribution in [1.29, 1.82) is 0 Å². The van der Waals surface area contributed by atoms with Gasteiger partial charge in [0.25, 0.3) is 0 Å². The van der Waals surface area contributed by atoms with Crippen molar-refractivity contribution in [3.63, 3.8) is 0 Å². The number of H-pyrrole nitrogens is 1. The van der Waals surface area contributed by atoms with Gasteiger partial charge in [0.15, 0.2) is 0 Å². The second-order valence-electron chi connectivity index (χ2n) is 4.69. The number of aromatic nitrogens is 1. The van der Waals surface area contributed by atoms with Crippen LogP contribution in [0.4, 0.5) is 0 Å². The zero-order chi connectivity index (χ0) is 16.3. The summed E-state index contributed by atoms with van der Waals surface area (Å²) in [6.45, 7) is 6.18. The largest absolute Gasteiger partial charge is 0.489 e. The molecule has 2 atom stereocenters. The molecule has 2 aromatic rings. The Kier molecular flexibility index (Phi) is 5.59. The highest BCUT2D eigenvalue weighted by Gasteiger charge is 2.47. The van der Waals surface area contributed by atoms with Gasteiger partial charge in [-0.2, -0.15) is 0 Å². The Morgan fingerprint density at radius 2 is 2.14 bits per heavy atom. The van der Waals surface area contributed by atoms with Crippen molar-refractivity contribution in [2.24, 2.45) is 5.92 Å². The molecular weight excluding hydrogens is 325 g/mol. The van der Waals surface area contributed by atoms with E-state index in [1.54, 1.807) is 19.2 Å². The number of ether oxygens (including phenoxy) is 2. The summed E-state index contributed by atoms with van der Waals surface area (Å²) in [5, 5.41) is 1.75. The summed E-state index contributed by atoms with van der Waals surface area (Å²) in [6.07, 6.45) is 2.30. The fourth-order valence-corrected chi connectivity index (χ4v) is 2.60. The van der Waals surface area contributed by atoms with Gasteiger partial charge in [0.1, 0.15) is 11.9 Å².